The first-order valence-electron chi connectivity index (χ1n) is 10.1. The lowest BCUT2D eigenvalue weighted by molar-refractivity contribution is -0.120. The number of halogens is 1. The Morgan fingerprint density at radius 1 is 1.17 bits per heavy atom. The Morgan fingerprint density at radius 3 is 2.47 bits per heavy atom. The van der Waals surface area contributed by atoms with Crippen LogP contribution in [0.5, 0.6) is 0 Å². The number of aryl methyl sites for hydroxylation is 3. The van der Waals surface area contributed by atoms with E-state index < -0.39 is 0 Å². The van der Waals surface area contributed by atoms with Gasteiger partial charge in [0.25, 0.3) is 0 Å². The monoisotopic (exact) mass is 424 g/mol. The highest BCUT2D eigenvalue weighted by molar-refractivity contribution is 6.34. The van der Waals surface area contributed by atoms with E-state index in [2.05, 4.69) is 12.2 Å². The number of carbonyl (C=O) groups is 1. The van der Waals surface area contributed by atoms with E-state index in [1.807, 2.05) is 86.8 Å². The van der Waals surface area contributed by atoms with Gasteiger partial charge in [-0.05, 0) is 71.0 Å². The molecular formula is C24H29ClN4O. The van der Waals surface area contributed by atoms with Crippen LogP contribution in [0, 0.1) is 27.7 Å². The number of nitrogens with one attached hydrogen (secondary N) is 1. The summed E-state index contributed by atoms with van der Waals surface area (Å²) in [6.07, 6.45) is 0. The van der Waals surface area contributed by atoms with Gasteiger partial charge in [0.1, 0.15) is 0 Å². The van der Waals surface area contributed by atoms with Crippen LogP contribution in [0.2, 0.25) is 5.02 Å². The molecule has 30 heavy (non-hydrogen) atoms. The summed E-state index contributed by atoms with van der Waals surface area (Å²) in [6, 6.07) is 13.6. The molecule has 0 saturated carbocycles. The van der Waals surface area contributed by atoms with Crippen LogP contribution >= 0.6 is 11.6 Å². The highest BCUT2D eigenvalue weighted by Crippen LogP contribution is 2.28. The van der Waals surface area contributed by atoms with Crippen LogP contribution in [0.15, 0.2) is 42.5 Å². The van der Waals surface area contributed by atoms with Crippen LogP contribution < -0.4 is 5.32 Å². The minimum atomic E-state index is -0.333. The van der Waals surface area contributed by atoms with Gasteiger partial charge in [-0.3, -0.25) is 9.69 Å². The average Bonchev–Trinajstić information content (AvgIpc) is 2.98. The van der Waals surface area contributed by atoms with Gasteiger partial charge >= 0.3 is 0 Å². The van der Waals surface area contributed by atoms with E-state index in [0.29, 0.717) is 17.3 Å². The molecule has 1 heterocycles. The van der Waals surface area contributed by atoms with E-state index in [1.54, 1.807) is 0 Å². The van der Waals surface area contributed by atoms with Crippen molar-refractivity contribution >= 4 is 23.2 Å². The van der Waals surface area contributed by atoms with Gasteiger partial charge in [0.15, 0.2) is 0 Å². The van der Waals surface area contributed by atoms with Crippen LogP contribution in [0.25, 0.3) is 5.69 Å². The largest absolute Gasteiger partial charge is 0.323 e. The van der Waals surface area contributed by atoms with Crippen molar-refractivity contribution in [1.29, 1.82) is 0 Å². The third-order valence-electron chi connectivity index (χ3n) is 5.57. The number of anilines is 1. The van der Waals surface area contributed by atoms with Gasteiger partial charge in [-0.2, -0.15) is 5.10 Å². The molecule has 1 N–H and O–H groups in total. The van der Waals surface area contributed by atoms with Crippen molar-refractivity contribution in [2.24, 2.45) is 0 Å². The van der Waals surface area contributed by atoms with Crippen LogP contribution in [-0.4, -0.2) is 33.7 Å². The number of nitrogens with zero attached hydrogens (tertiary/aromatic N) is 3. The fourth-order valence-electron chi connectivity index (χ4n) is 3.61. The van der Waals surface area contributed by atoms with Crippen LogP contribution in [0.3, 0.4) is 0 Å². The molecule has 158 valence electrons. The molecule has 0 aliphatic rings. The van der Waals surface area contributed by atoms with E-state index in [4.69, 9.17) is 16.7 Å². The summed E-state index contributed by atoms with van der Waals surface area (Å²) >= 11 is 6.36. The molecule has 1 unspecified atom stereocenters. The molecule has 0 aliphatic carbocycles. The average molecular weight is 425 g/mol. The Labute approximate surface area is 183 Å². The molecule has 0 radical (unpaired) electrons. The van der Waals surface area contributed by atoms with Crippen molar-refractivity contribution in [3.05, 3.63) is 75.6 Å². The van der Waals surface area contributed by atoms with Crippen LogP contribution in [-0.2, 0) is 11.3 Å². The number of hydrogen-bond donors (Lipinski definition) is 1. The molecular weight excluding hydrogens is 396 g/mol. The minimum absolute atomic E-state index is 0.0860. The SMILES string of the molecule is Cc1cc(C)c(NC(=O)C(C)N(C)Cc2c(C)nn(-c3ccccc3)c2C)c(Cl)c1. The van der Waals surface area contributed by atoms with Gasteiger partial charge in [0.05, 0.1) is 28.1 Å². The lowest BCUT2D eigenvalue weighted by atomic mass is 10.1. The number of para-hydroxylation sites is 1. The van der Waals surface area contributed by atoms with E-state index in [-0.39, 0.29) is 11.9 Å². The Morgan fingerprint density at radius 2 is 1.83 bits per heavy atom. The number of amides is 1. The normalized spacial score (nSPS) is 12.3. The zero-order valence-corrected chi connectivity index (χ0v) is 19.2. The van der Waals surface area contributed by atoms with Gasteiger partial charge in [-0.1, -0.05) is 35.9 Å². The Bertz CT molecular complexity index is 1040. The Kier molecular flexibility index (Phi) is 6.64. The molecule has 6 heteroatoms. The van der Waals surface area contributed by atoms with Crippen LogP contribution in [0.4, 0.5) is 5.69 Å². The van der Waals surface area contributed by atoms with Gasteiger partial charge in [-0.15, -0.1) is 0 Å². The number of benzene rings is 2. The second-order valence-electron chi connectivity index (χ2n) is 7.92. The molecule has 5 nitrogen and oxygen atoms in total. The maximum absolute atomic E-state index is 12.9. The van der Waals surface area contributed by atoms with E-state index >= 15 is 0 Å². The van der Waals surface area contributed by atoms with Crippen molar-refractivity contribution in [2.75, 3.05) is 12.4 Å². The molecule has 1 atom stereocenters. The molecule has 3 rings (SSSR count). The number of rotatable bonds is 6. The molecule has 2 aromatic carbocycles. The maximum Gasteiger partial charge on any atom is 0.241 e. The molecule has 0 bridgehead atoms. The molecule has 0 aliphatic heterocycles. The summed E-state index contributed by atoms with van der Waals surface area (Å²) in [7, 11) is 1.95. The van der Waals surface area contributed by atoms with Crippen molar-refractivity contribution < 1.29 is 4.79 Å². The van der Waals surface area contributed by atoms with Crippen molar-refractivity contribution in [2.45, 2.75) is 47.2 Å². The lowest BCUT2D eigenvalue weighted by Gasteiger charge is -2.25. The third-order valence-corrected chi connectivity index (χ3v) is 5.87. The summed E-state index contributed by atoms with van der Waals surface area (Å²) in [4.78, 5) is 14.9. The molecule has 1 aromatic heterocycles. The van der Waals surface area contributed by atoms with Gasteiger partial charge in [-0.25, -0.2) is 4.68 Å². The fourth-order valence-corrected chi connectivity index (χ4v) is 3.98. The second kappa shape index (κ2) is 9.02. The van der Waals surface area contributed by atoms with E-state index in [0.717, 1.165) is 33.8 Å². The minimum Gasteiger partial charge on any atom is -0.323 e. The number of aromatic nitrogens is 2. The smallest absolute Gasteiger partial charge is 0.241 e. The zero-order chi connectivity index (χ0) is 22.0. The fraction of sp³-hybridized carbons (Fsp3) is 0.333. The Hall–Kier alpha value is -2.63. The molecule has 1 amide bonds. The lowest BCUT2D eigenvalue weighted by Crippen LogP contribution is -2.39. The zero-order valence-electron chi connectivity index (χ0n) is 18.5. The number of likely N-dealkylation sites (N-methyl/N-ethyl adjacent to an activating group) is 1. The van der Waals surface area contributed by atoms with Gasteiger partial charge in [0, 0.05) is 17.8 Å². The van der Waals surface area contributed by atoms with Crippen LogP contribution in [0.1, 0.15) is 35.0 Å². The van der Waals surface area contributed by atoms with E-state index in [1.165, 1.54) is 0 Å². The topological polar surface area (TPSA) is 50.2 Å². The van der Waals surface area contributed by atoms with Crippen molar-refractivity contribution in [3.63, 3.8) is 0 Å². The summed E-state index contributed by atoms with van der Waals surface area (Å²) in [5.41, 5.74) is 6.91. The first-order valence-corrected chi connectivity index (χ1v) is 10.4. The highest BCUT2D eigenvalue weighted by Gasteiger charge is 2.22. The Balaban J connectivity index is 1.75. The second-order valence-corrected chi connectivity index (χ2v) is 8.32. The highest BCUT2D eigenvalue weighted by atomic mass is 35.5. The summed E-state index contributed by atoms with van der Waals surface area (Å²) in [5.74, 6) is -0.0860. The summed E-state index contributed by atoms with van der Waals surface area (Å²) in [5, 5.41) is 8.27. The molecule has 3 aromatic rings. The van der Waals surface area contributed by atoms with E-state index in [9.17, 15) is 4.79 Å². The first-order chi connectivity index (χ1) is 14.2. The predicted molar refractivity (Wildman–Crippen MR) is 124 cm³/mol. The number of hydrogen-bond acceptors (Lipinski definition) is 3. The predicted octanol–water partition coefficient (Wildman–Crippen LogP) is 5.22. The molecule has 0 saturated heterocycles. The first kappa shape index (κ1) is 22.1. The summed E-state index contributed by atoms with van der Waals surface area (Å²) in [6.45, 7) is 10.5. The van der Waals surface area contributed by atoms with Crippen molar-refractivity contribution in [1.82, 2.24) is 14.7 Å². The quantitative estimate of drug-likeness (QED) is 0.590. The summed E-state index contributed by atoms with van der Waals surface area (Å²) < 4.78 is 1.96. The van der Waals surface area contributed by atoms with Crippen molar-refractivity contribution in [3.8, 4) is 5.69 Å². The molecule has 0 spiro atoms. The third kappa shape index (κ3) is 4.58. The van der Waals surface area contributed by atoms with Gasteiger partial charge in [0.2, 0.25) is 5.91 Å². The number of carbonyl (C=O) groups excluding carboxylic acids is 1. The maximum atomic E-state index is 12.9. The molecule has 0 fully saturated rings. The standard InChI is InChI=1S/C24H29ClN4O/c1-15-12-16(2)23(22(25)13-15)26-24(30)19(5)28(6)14-21-17(3)27-29(18(21)4)20-10-8-7-9-11-20/h7-13,19H,14H2,1-6H3,(H,26,30). The van der Waals surface area contributed by atoms with Gasteiger partial charge < -0.3 is 5.32 Å².